The van der Waals surface area contributed by atoms with Gasteiger partial charge in [0.15, 0.2) is 0 Å². The lowest BCUT2D eigenvalue weighted by atomic mass is 9.92. The van der Waals surface area contributed by atoms with Gasteiger partial charge in [-0.2, -0.15) is 5.10 Å². The number of ether oxygens (including phenoxy) is 1. The van der Waals surface area contributed by atoms with Crippen LogP contribution in [-0.2, 0) is 14.9 Å². The van der Waals surface area contributed by atoms with Crippen molar-refractivity contribution in [1.29, 1.82) is 0 Å². The lowest BCUT2D eigenvalue weighted by Crippen LogP contribution is -2.39. The molecule has 0 aliphatic rings. The van der Waals surface area contributed by atoms with Crippen molar-refractivity contribution in [2.24, 2.45) is 0 Å². The number of nitrogens with zero attached hydrogens (tertiary/aromatic N) is 3. The molecule has 9 heteroatoms. The zero-order valence-electron chi connectivity index (χ0n) is 19.3. The van der Waals surface area contributed by atoms with Crippen molar-refractivity contribution in [1.82, 2.24) is 14.7 Å². The normalized spacial score (nSPS) is 11.4. The van der Waals surface area contributed by atoms with Gasteiger partial charge in [-0.05, 0) is 30.0 Å². The van der Waals surface area contributed by atoms with E-state index in [9.17, 15) is 9.59 Å². The second-order valence-corrected chi connectivity index (χ2v) is 9.98. The summed E-state index contributed by atoms with van der Waals surface area (Å²) in [4.78, 5) is 28.1. The number of amides is 2. The number of thiophene rings is 1. The van der Waals surface area contributed by atoms with Crippen molar-refractivity contribution in [3.63, 3.8) is 0 Å². The van der Waals surface area contributed by atoms with E-state index in [0.29, 0.717) is 41.0 Å². The van der Waals surface area contributed by atoms with E-state index in [4.69, 9.17) is 21.4 Å². The van der Waals surface area contributed by atoms with Gasteiger partial charge in [0.1, 0.15) is 12.4 Å². The van der Waals surface area contributed by atoms with E-state index in [1.807, 2.05) is 35.7 Å². The largest absolute Gasteiger partial charge is 0.385 e. The maximum absolute atomic E-state index is 13.1. The Kier molecular flexibility index (Phi) is 8.29. The van der Waals surface area contributed by atoms with Crippen LogP contribution in [0.25, 0.3) is 5.69 Å². The molecule has 0 fully saturated rings. The summed E-state index contributed by atoms with van der Waals surface area (Å²) in [5, 5.41) is 10.00. The monoisotopic (exact) mass is 488 g/mol. The Morgan fingerprint density at radius 3 is 2.61 bits per heavy atom. The highest BCUT2D eigenvalue weighted by Crippen LogP contribution is 2.29. The van der Waals surface area contributed by atoms with Crippen LogP contribution in [0, 0.1) is 0 Å². The van der Waals surface area contributed by atoms with Crippen LogP contribution >= 0.6 is 22.9 Å². The molecular formula is C24H29ClN4O3S. The van der Waals surface area contributed by atoms with Crippen LogP contribution in [0.5, 0.6) is 0 Å². The smallest absolute Gasteiger partial charge is 0.264 e. The first-order valence-electron chi connectivity index (χ1n) is 10.7. The Morgan fingerprint density at radius 2 is 1.97 bits per heavy atom. The third-order valence-corrected chi connectivity index (χ3v) is 6.13. The number of methoxy groups -OCH3 is 1. The molecule has 0 unspecified atom stereocenters. The molecule has 0 bridgehead atoms. The summed E-state index contributed by atoms with van der Waals surface area (Å²) in [5.74, 6) is 0.00988. The molecule has 0 aliphatic carbocycles. The maximum Gasteiger partial charge on any atom is 0.264 e. The van der Waals surface area contributed by atoms with Gasteiger partial charge in [-0.3, -0.25) is 9.59 Å². The molecule has 2 amide bonds. The summed E-state index contributed by atoms with van der Waals surface area (Å²) in [6.07, 6.45) is 0.632. The SMILES string of the molecule is COCCCN(CC(=O)Nc1cc(C(C)(C)C)nn1-c1ccccc1Cl)C(=O)c1cccs1. The quantitative estimate of drug-likeness (QED) is 0.430. The molecule has 0 aliphatic heterocycles. The summed E-state index contributed by atoms with van der Waals surface area (Å²) in [5.41, 5.74) is 1.24. The molecule has 2 aromatic heterocycles. The molecule has 0 spiro atoms. The number of benzene rings is 1. The van der Waals surface area contributed by atoms with Gasteiger partial charge >= 0.3 is 0 Å². The van der Waals surface area contributed by atoms with E-state index in [1.54, 1.807) is 28.8 Å². The summed E-state index contributed by atoms with van der Waals surface area (Å²) in [6, 6.07) is 12.7. The first-order valence-corrected chi connectivity index (χ1v) is 11.9. The van der Waals surface area contributed by atoms with Crippen LogP contribution in [0.2, 0.25) is 5.02 Å². The van der Waals surface area contributed by atoms with Crippen molar-refractivity contribution >= 4 is 40.6 Å². The number of carbonyl (C=O) groups is 2. The molecule has 0 radical (unpaired) electrons. The van der Waals surface area contributed by atoms with Crippen molar-refractivity contribution in [2.75, 3.05) is 32.1 Å². The molecule has 0 saturated heterocycles. The topological polar surface area (TPSA) is 76.5 Å². The summed E-state index contributed by atoms with van der Waals surface area (Å²) >= 11 is 7.76. The fraction of sp³-hybridized carbons (Fsp3) is 0.375. The van der Waals surface area contributed by atoms with Crippen molar-refractivity contribution in [2.45, 2.75) is 32.6 Å². The Bertz CT molecular complexity index is 1090. The maximum atomic E-state index is 13.1. The Balaban J connectivity index is 1.84. The Labute approximate surface area is 203 Å². The summed E-state index contributed by atoms with van der Waals surface area (Å²) in [7, 11) is 1.61. The molecule has 3 rings (SSSR count). The molecule has 0 atom stereocenters. The zero-order valence-corrected chi connectivity index (χ0v) is 20.9. The number of halogens is 1. The lowest BCUT2D eigenvalue weighted by molar-refractivity contribution is -0.117. The zero-order chi connectivity index (χ0) is 24.0. The van der Waals surface area contributed by atoms with E-state index >= 15 is 0 Å². The molecule has 33 heavy (non-hydrogen) atoms. The van der Waals surface area contributed by atoms with Crippen LogP contribution < -0.4 is 5.32 Å². The van der Waals surface area contributed by atoms with Gasteiger partial charge in [0.2, 0.25) is 5.91 Å². The number of aromatic nitrogens is 2. The third-order valence-electron chi connectivity index (χ3n) is 4.96. The van der Waals surface area contributed by atoms with Crippen LogP contribution in [0.3, 0.4) is 0 Å². The van der Waals surface area contributed by atoms with Crippen molar-refractivity contribution in [3.05, 3.63) is 63.4 Å². The molecule has 1 aromatic carbocycles. The van der Waals surface area contributed by atoms with E-state index in [-0.39, 0.29) is 23.8 Å². The van der Waals surface area contributed by atoms with Crippen LogP contribution in [0.15, 0.2) is 47.8 Å². The van der Waals surface area contributed by atoms with Gasteiger partial charge in [0.05, 0.1) is 21.3 Å². The van der Waals surface area contributed by atoms with Gasteiger partial charge < -0.3 is 15.0 Å². The second-order valence-electron chi connectivity index (χ2n) is 8.63. The molecule has 0 saturated carbocycles. The second kappa shape index (κ2) is 11.0. The number of nitrogens with one attached hydrogen (secondary N) is 1. The fourth-order valence-corrected chi connectivity index (χ4v) is 4.11. The third kappa shape index (κ3) is 6.43. The van der Waals surface area contributed by atoms with E-state index in [1.165, 1.54) is 11.3 Å². The summed E-state index contributed by atoms with van der Waals surface area (Å²) in [6.45, 7) is 6.98. The van der Waals surface area contributed by atoms with E-state index in [0.717, 1.165) is 5.69 Å². The molecule has 3 aromatic rings. The summed E-state index contributed by atoms with van der Waals surface area (Å²) < 4.78 is 6.75. The minimum Gasteiger partial charge on any atom is -0.385 e. The van der Waals surface area contributed by atoms with Gasteiger partial charge in [-0.15, -0.1) is 11.3 Å². The minimum atomic E-state index is -0.314. The number of anilines is 1. The Hall–Kier alpha value is -2.68. The van der Waals surface area contributed by atoms with E-state index < -0.39 is 0 Å². The van der Waals surface area contributed by atoms with Gasteiger partial charge in [-0.25, -0.2) is 4.68 Å². The van der Waals surface area contributed by atoms with Gasteiger partial charge in [-0.1, -0.05) is 50.6 Å². The fourth-order valence-electron chi connectivity index (χ4n) is 3.21. The van der Waals surface area contributed by atoms with Crippen LogP contribution in [-0.4, -0.2) is 53.3 Å². The highest BCUT2D eigenvalue weighted by molar-refractivity contribution is 7.12. The molecular weight excluding hydrogens is 460 g/mol. The number of hydrogen-bond donors (Lipinski definition) is 1. The highest BCUT2D eigenvalue weighted by atomic mass is 35.5. The van der Waals surface area contributed by atoms with Crippen LogP contribution in [0.4, 0.5) is 5.82 Å². The number of carbonyl (C=O) groups excluding carboxylic acids is 2. The molecule has 7 nitrogen and oxygen atoms in total. The van der Waals surface area contributed by atoms with Crippen molar-refractivity contribution < 1.29 is 14.3 Å². The van der Waals surface area contributed by atoms with Gasteiger partial charge in [0.25, 0.3) is 5.91 Å². The first kappa shape index (κ1) is 25.0. The number of para-hydroxylation sites is 1. The van der Waals surface area contributed by atoms with Gasteiger partial charge in [0, 0.05) is 31.7 Å². The van der Waals surface area contributed by atoms with Crippen LogP contribution in [0.1, 0.15) is 42.6 Å². The van der Waals surface area contributed by atoms with E-state index in [2.05, 4.69) is 26.1 Å². The van der Waals surface area contributed by atoms with Crippen molar-refractivity contribution in [3.8, 4) is 5.69 Å². The number of rotatable bonds is 9. The standard InChI is InChI=1S/C24H29ClN4O3S/c1-24(2,3)20-15-21(29(27-20)18-10-6-5-9-17(18)25)26-22(30)16-28(12-8-13-32-4)23(31)19-11-7-14-33-19/h5-7,9-11,14-15H,8,12-13,16H2,1-4H3,(H,26,30). The molecule has 1 N–H and O–H groups in total. The average molecular weight is 489 g/mol. The predicted octanol–water partition coefficient (Wildman–Crippen LogP) is 5.00. The average Bonchev–Trinajstić information content (AvgIpc) is 3.43. The minimum absolute atomic E-state index is 0.0843. The molecule has 176 valence electrons. The lowest BCUT2D eigenvalue weighted by Gasteiger charge is -2.21. The predicted molar refractivity (Wildman–Crippen MR) is 133 cm³/mol. The first-order chi connectivity index (χ1) is 15.7. The number of hydrogen-bond acceptors (Lipinski definition) is 5. The Morgan fingerprint density at radius 1 is 1.21 bits per heavy atom. The molecule has 2 heterocycles. The highest BCUT2D eigenvalue weighted by Gasteiger charge is 2.24.